The molecule has 0 saturated heterocycles. The van der Waals surface area contributed by atoms with Gasteiger partial charge in [0.25, 0.3) is 11.6 Å². The first-order valence-corrected chi connectivity index (χ1v) is 8.00. The fourth-order valence-corrected chi connectivity index (χ4v) is 2.24. The largest absolute Gasteiger partial charge is 0.502 e. The molecule has 0 heterocycles. The van der Waals surface area contributed by atoms with E-state index in [2.05, 4.69) is 5.10 Å². The molecule has 0 fully saturated rings. The topological polar surface area (TPSA) is 157 Å². The Labute approximate surface area is 166 Å². The van der Waals surface area contributed by atoms with Crippen LogP contribution >= 0.6 is 23.2 Å². The molecular weight excluding hydrogens is 419 g/mol. The maximum atomic E-state index is 11.7. The molecule has 0 aliphatic carbocycles. The van der Waals surface area contributed by atoms with Crippen molar-refractivity contribution in [3.05, 3.63) is 66.2 Å². The average molecular weight is 429 g/mol. The highest BCUT2D eigenvalue weighted by Crippen LogP contribution is 2.33. The number of hydrogen-bond donors (Lipinski definition) is 2. The second-order valence-corrected chi connectivity index (χ2v) is 5.92. The molecule has 13 heteroatoms. The molecule has 2 aromatic carbocycles. The molecule has 0 saturated carbocycles. The van der Waals surface area contributed by atoms with E-state index in [0.717, 1.165) is 12.3 Å². The third kappa shape index (κ3) is 5.28. The molecular formula is C15H10Cl2N4O7. The average Bonchev–Trinajstić information content (AvgIpc) is 2.63. The summed E-state index contributed by atoms with van der Waals surface area (Å²) in [4.78, 5) is 31.6. The van der Waals surface area contributed by atoms with Gasteiger partial charge in [0, 0.05) is 17.2 Å². The van der Waals surface area contributed by atoms with E-state index < -0.39 is 39.5 Å². The minimum absolute atomic E-state index is 0.167. The minimum Gasteiger partial charge on any atom is -0.502 e. The summed E-state index contributed by atoms with van der Waals surface area (Å²) in [5.41, 5.74) is 0.203. The second-order valence-electron chi connectivity index (χ2n) is 5.07. The summed E-state index contributed by atoms with van der Waals surface area (Å²) >= 11 is 11.7. The van der Waals surface area contributed by atoms with Gasteiger partial charge in [0.1, 0.15) is 5.75 Å². The Morgan fingerprint density at radius 1 is 1.21 bits per heavy atom. The number of rotatable bonds is 7. The van der Waals surface area contributed by atoms with E-state index >= 15 is 0 Å². The number of phenols is 1. The van der Waals surface area contributed by atoms with Gasteiger partial charge >= 0.3 is 5.69 Å². The van der Waals surface area contributed by atoms with E-state index in [1.807, 2.05) is 5.43 Å². The number of hydrazone groups is 1. The molecule has 0 aromatic heterocycles. The van der Waals surface area contributed by atoms with Crippen molar-refractivity contribution in [1.29, 1.82) is 0 Å². The van der Waals surface area contributed by atoms with Crippen LogP contribution in [0, 0.1) is 20.2 Å². The third-order valence-electron chi connectivity index (χ3n) is 3.16. The predicted octanol–water partition coefficient (Wildman–Crippen LogP) is 3.04. The molecule has 0 bridgehead atoms. The molecule has 0 radical (unpaired) electrons. The normalized spacial score (nSPS) is 10.6. The van der Waals surface area contributed by atoms with Crippen molar-refractivity contribution in [3.63, 3.8) is 0 Å². The van der Waals surface area contributed by atoms with Crippen LogP contribution in [0.4, 0.5) is 11.4 Å². The number of nitro groups is 2. The molecule has 1 amide bonds. The zero-order valence-corrected chi connectivity index (χ0v) is 15.2. The van der Waals surface area contributed by atoms with Gasteiger partial charge in [0.15, 0.2) is 6.61 Å². The zero-order chi connectivity index (χ0) is 20.8. The Morgan fingerprint density at radius 3 is 2.57 bits per heavy atom. The van der Waals surface area contributed by atoms with Crippen molar-refractivity contribution < 1.29 is 24.5 Å². The number of halogens is 2. The monoisotopic (exact) mass is 428 g/mol. The van der Waals surface area contributed by atoms with E-state index in [9.17, 15) is 30.1 Å². The van der Waals surface area contributed by atoms with Gasteiger partial charge in [-0.15, -0.1) is 0 Å². The van der Waals surface area contributed by atoms with Gasteiger partial charge in [-0.3, -0.25) is 25.0 Å². The van der Waals surface area contributed by atoms with Crippen LogP contribution in [0.2, 0.25) is 10.0 Å². The number of carbonyl (C=O) groups is 1. The Balaban J connectivity index is 2.07. The lowest BCUT2D eigenvalue weighted by Crippen LogP contribution is -2.24. The standard InChI is InChI=1S/C15H10Cl2N4O7/c16-9-1-2-11(17)13(4-9)28-7-14(22)19-18-6-8-3-10(20(24)25)5-12(15(8)23)21(26)27/h1-6,23H,7H2,(H,19,22). The predicted molar refractivity (Wildman–Crippen MR) is 99.1 cm³/mol. The van der Waals surface area contributed by atoms with Crippen molar-refractivity contribution >= 4 is 46.7 Å². The molecule has 0 atom stereocenters. The summed E-state index contributed by atoms with van der Waals surface area (Å²) < 4.78 is 5.18. The number of non-ortho nitro benzene ring substituents is 1. The molecule has 2 N–H and O–H groups in total. The van der Waals surface area contributed by atoms with Gasteiger partial charge in [0.2, 0.25) is 5.75 Å². The fourth-order valence-electron chi connectivity index (χ4n) is 1.91. The number of benzene rings is 2. The van der Waals surface area contributed by atoms with Gasteiger partial charge in [-0.25, -0.2) is 5.43 Å². The van der Waals surface area contributed by atoms with Crippen LogP contribution in [0.25, 0.3) is 0 Å². The molecule has 28 heavy (non-hydrogen) atoms. The van der Waals surface area contributed by atoms with Crippen molar-refractivity contribution in [1.82, 2.24) is 5.43 Å². The summed E-state index contributed by atoms with van der Waals surface area (Å²) in [7, 11) is 0. The highest BCUT2D eigenvalue weighted by atomic mass is 35.5. The number of carbonyl (C=O) groups excluding carboxylic acids is 1. The molecule has 2 aromatic rings. The number of nitro benzene ring substituents is 2. The number of nitrogens with zero attached hydrogens (tertiary/aromatic N) is 3. The first-order chi connectivity index (χ1) is 13.2. The summed E-state index contributed by atoms with van der Waals surface area (Å²) in [6.07, 6.45) is 0.819. The van der Waals surface area contributed by atoms with Gasteiger partial charge in [-0.05, 0) is 12.1 Å². The Hall–Kier alpha value is -3.44. The zero-order valence-electron chi connectivity index (χ0n) is 13.7. The molecule has 146 valence electrons. The van der Waals surface area contributed by atoms with Crippen molar-refractivity contribution in [2.24, 2.45) is 5.10 Å². The number of aromatic hydroxyl groups is 1. The van der Waals surface area contributed by atoms with E-state index in [0.29, 0.717) is 11.1 Å². The van der Waals surface area contributed by atoms with E-state index in [1.54, 1.807) is 0 Å². The smallest absolute Gasteiger partial charge is 0.318 e. The Morgan fingerprint density at radius 2 is 1.93 bits per heavy atom. The lowest BCUT2D eigenvalue weighted by molar-refractivity contribution is -0.394. The molecule has 0 spiro atoms. The molecule has 0 aliphatic heterocycles. The van der Waals surface area contributed by atoms with Crippen LogP contribution in [-0.2, 0) is 4.79 Å². The van der Waals surface area contributed by atoms with Crippen LogP contribution < -0.4 is 10.2 Å². The lowest BCUT2D eigenvalue weighted by Gasteiger charge is -2.07. The van der Waals surface area contributed by atoms with Crippen molar-refractivity contribution in [2.75, 3.05) is 6.61 Å². The van der Waals surface area contributed by atoms with Gasteiger partial charge in [-0.2, -0.15) is 5.10 Å². The number of hydrogen-bond acceptors (Lipinski definition) is 8. The maximum Gasteiger partial charge on any atom is 0.318 e. The van der Waals surface area contributed by atoms with Crippen molar-refractivity contribution in [3.8, 4) is 11.5 Å². The van der Waals surface area contributed by atoms with Crippen LogP contribution in [0.5, 0.6) is 11.5 Å². The van der Waals surface area contributed by atoms with Gasteiger partial charge in [0.05, 0.1) is 32.7 Å². The third-order valence-corrected chi connectivity index (χ3v) is 3.70. The first-order valence-electron chi connectivity index (χ1n) is 7.24. The van der Waals surface area contributed by atoms with E-state index in [1.165, 1.54) is 18.2 Å². The van der Waals surface area contributed by atoms with Gasteiger partial charge < -0.3 is 9.84 Å². The van der Waals surface area contributed by atoms with Crippen molar-refractivity contribution in [2.45, 2.75) is 0 Å². The lowest BCUT2D eigenvalue weighted by atomic mass is 10.1. The highest BCUT2D eigenvalue weighted by Gasteiger charge is 2.23. The molecule has 0 aliphatic rings. The number of ether oxygens (including phenoxy) is 1. The molecule has 2 rings (SSSR count). The summed E-state index contributed by atoms with van der Waals surface area (Å²) in [6, 6.07) is 5.88. The highest BCUT2D eigenvalue weighted by molar-refractivity contribution is 6.34. The second kappa shape index (κ2) is 8.97. The summed E-state index contributed by atoms with van der Waals surface area (Å²) in [6.45, 7) is -0.488. The Kier molecular flexibility index (Phi) is 6.69. The van der Waals surface area contributed by atoms with Crippen LogP contribution in [0.15, 0.2) is 35.4 Å². The van der Waals surface area contributed by atoms with Crippen LogP contribution in [0.3, 0.4) is 0 Å². The first kappa shape index (κ1) is 20.9. The molecule has 0 unspecified atom stereocenters. The SMILES string of the molecule is O=C(COc1cc(Cl)ccc1Cl)NN=Cc1cc([N+](=O)[O-])cc([N+](=O)[O-])c1O. The summed E-state index contributed by atoms with van der Waals surface area (Å²) in [5.74, 6) is -1.40. The van der Waals surface area contributed by atoms with Gasteiger partial charge in [-0.1, -0.05) is 23.2 Å². The van der Waals surface area contributed by atoms with E-state index in [-0.39, 0.29) is 16.3 Å². The number of nitrogens with one attached hydrogen (secondary N) is 1. The fraction of sp³-hybridized carbons (Fsp3) is 0.0667. The minimum atomic E-state index is -0.985. The quantitative estimate of drug-likeness (QED) is 0.389. The number of phenolic OH excluding ortho intramolecular Hbond substituents is 1. The van der Waals surface area contributed by atoms with Crippen LogP contribution in [0.1, 0.15) is 5.56 Å². The molecule has 11 nitrogen and oxygen atoms in total. The summed E-state index contributed by atoms with van der Waals surface area (Å²) in [5, 5.41) is 35.6. The van der Waals surface area contributed by atoms with E-state index in [4.69, 9.17) is 27.9 Å². The maximum absolute atomic E-state index is 11.7. The number of amides is 1. The Bertz CT molecular complexity index is 981. The van der Waals surface area contributed by atoms with Crippen LogP contribution in [-0.4, -0.2) is 33.7 Å².